The predicted octanol–water partition coefficient (Wildman–Crippen LogP) is 3.34. The normalized spacial score (nSPS) is 20.3. The molecule has 9 nitrogen and oxygen atoms in total. The van der Waals surface area contributed by atoms with Crippen molar-refractivity contribution in [3.05, 3.63) is 74.9 Å². The summed E-state index contributed by atoms with van der Waals surface area (Å²) in [5.41, 5.74) is 0.766. The minimum Gasteiger partial charge on any atom is -0.456 e. The number of carbonyl (C=O) groups is 2. The van der Waals surface area contributed by atoms with Crippen molar-refractivity contribution < 1.29 is 24.4 Å². The highest BCUT2D eigenvalue weighted by atomic mass is 32.2. The van der Waals surface area contributed by atoms with Crippen molar-refractivity contribution >= 4 is 41.1 Å². The van der Waals surface area contributed by atoms with E-state index in [-0.39, 0.29) is 29.9 Å². The number of thioether (sulfide) groups is 2. The van der Waals surface area contributed by atoms with E-state index in [1.54, 1.807) is 13.1 Å². The van der Waals surface area contributed by atoms with Gasteiger partial charge < -0.3 is 14.7 Å². The number of non-ortho nitro benzene ring substituents is 1. The van der Waals surface area contributed by atoms with Crippen LogP contribution in [0.5, 0.6) is 0 Å². The molecule has 0 saturated carbocycles. The molecule has 2 aromatic rings. The van der Waals surface area contributed by atoms with E-state index in [0.29, 0.717) is 17.1 Å². The van der Waals surface area contributed by atoms with Gasteiger partial charge in [0.05, 0.1) is 28.0 Å². The summed E-state index contributed by atoms with van der Waals surface area (Å²) in [7, 11) is 0. The Morgan fingerprint density at radius 1 is 1.30 bits per heavy atom. The summed E-state index contributed by atoms with van der Waals surface area (Å²) in [5, 5.41) is 22.2. The minimum atomic E-state index is -0.802. The van der Waals surface area contributed by atoms with Crippen molar-refractivity contribution in [2.75, 3.05) is 5.08 Å². The van der Waals surface area contributed by atoms with E-state index in [2.05, 4.69) is 4.98 Å². The third-order valence-electron chi connectivity index (χ3n) is 5.48. The van der Waals surface area contributed by atoms with Gasteiger partial charge in [-0.3, -0.25) is 14.9 Å². The molecule has 2 aliphatic rings. The van der Waals surface area contributed by atoms with Gasteiger partial charge in [-0.15, -0.1) is 11.8 Å². The number of aliphatic hydroxyl groups excluding tert-OH is 1. The highest BCUT2D eigenvalue weighted by Crippen LogP contribution is 2.48. The number of amides is 1. The number of β-lactam (4-membered cyclic amide) rings is 1. The number of ether oxygens (including phenoxy) is 1. The Bertz CT molecular complexity index is 1090. The monoisotopic (exact) mass is 487 g/mol. The molecule has 1 aromatic heterocycles. The Morgan fingerprint density at radius 3 is 2.70 bits per heavy atom. The lowest BCUT2D eigenvalue weighted by molar-refractivity contribution is -0.384. The van der Waals surface area contributed by atoms with E-state index in [1.165, 1.54) is 52.7 Å². The molecule has 3 heterocycles. The van der Waals surface area contributed by atoms with Gasteiger partial charge in [0.15, 0.2) is 0 Å². The van der Waals surface area contributed by atoms with Crippen LogP contribution in [0.1, 0.15) is 18.9 Å². The van der Waals surface area contributed by atoms with Crippen LogP contribution in [0.4, 0.5) is 5.69 Å². The molecule has 1 aromatic carbocycles. The van der Waals surface area contributed by atoms with Crippen molar-refractivity contribution in [2.45, 2.75) is 37.1 Å². The molecule has 11 heteroatoms. The van der Waals surface area contributed by atoms with E-state index >= 15 is 0 Å². The third-order valence-corrected chi connectivity index (χ3v) is 7.66. The standard InChI is InChI=1S/C22H21N3O6S2/c1-13(26)19-16-10-17(32-12-33-18-4-2-3-9-23-18)20(24(16)21(19)27)22(28)31-11-14-5-7-15(8-6-14)25(29)30/h2-9,13,16,19,26H,10-12H2,1H3/t13-,16-,19-/m1/s1. The lowest BCUT2D eigenvalue weighted by Crippen LogP contribution is -2.61. The molecule has 3 atom stereocenters. The number of pyridine rings is 1. The van der Waals surface area contributed by atoms with E-state index in [0.717, 1.165) is 9.93 Å². The second-order valence-electron chi connectivity index (χ2n) is 7.59. The van der Waals surface area contributed by atoms with Gasteiger partial charge in [-0.25, -0.2) is 9.78 Å². The number of hydrogen-bond acceptors (Lipinski definition) is 9. The first-order valence-electron chi connectivity index (χ1n) is 10.2. The molecule has 0 bridgehead atoms. The van der Waals surface area contributed by atoms with Crippen LogP contribution in [0.2, 0.25) is 0 Å². The first kappa shape index (κ1) is 23.3. The Kier molecular flexibility index (Phi) is 7.01. The van der Waals surface area contributed by atoms with Crippen molar-refractivity contribution in [3.63, 3.8) is 0 Å². The number of nitro benzene ring substituents is 1. The number of nitro groups is 1. The van der Waals surface area contributed by atoms with Crippen LogP contribution in [-0.4, -0.2) is 49.0 Å². The first-order valence-corrected chi connectivity index (χ1v) is 12.2. The van der Waals surface area contributed by atoms with Crippen LogP contribution >= 0.6 is 23.5 Å². The van der Waals surface area contributed by atoms with Crippen molar-refractivity contribution in [1.29, 1.82) is 0 Å². The van der Waals surface area contributed by atoms with Gasteiger partial charge >= 0.3 is 5.97 Å². The summed E-state index contributed by atoms with van der Waals surface area (Å²) in [6.45, 7) is 1.50. The van der Waals surface area contributed by atoms with Gasteiger partial charge in [0.25, 0.3) is 5.69 Å². The largest absolute Gasteiger partial charge is 0.456 e. The highest BCUT2D eigenvalue weighted by molar-refractivity contribution is 8.17. The number of carbonyl (C=O) groups excluding carboxylic acids is 2. The zero-order chi connectivity index (χ0) is 23.5. The van der Waals surface area contributed by atoms with Gasteiger partial charge in [0, 0.05) is 34.7 Å². The number of benzene rings is 1. The molecule has 2 aliphatic heterocycles. The molecule has 1 N–H and O–H groups in total. The van der Waals surface area contributed by atoms with E-state index in [1.807, 2.05) is 18.2 Å². The van der Waals surface area contributed by atoms with Gasteiger partial charge in [-0.1, -0.05) is 17.8 Å². The molecule has 0 spiro atoms. The summed E-state index contributed by atoms with van der Waals surface area (Å²) in [6, 6.07) is 11.1. The van der Waals surface area contributed by atoms with Crippen LogP contribution < -0.4 is 0 Å². The topological polar surface area (TPSA) is 123 Å². The lowest BCUT2D eigenvalue weighted by Gasteiger charge is -2.44. The predicted molar refractivity (Wildman–Crippen MR) is 123 cm³/mol. The Hall–Kier alpha value is -2.89. The Morgan fingerprint density at radius 2 is 2.06 bits per heavy atom. The maximum absolute atomic E-state index is 13.0. The molecule has 1 amide bonds. The molecule has 0 aliphatic carbocycles. The fraction of sp³-hybridized carbons (Fsp3) is 0.318. The average Bonchev–Trinajstić information content (AvgIpc) is 3.12. The van der Waals surface area contributed by atoms with Crippen molar-refractivity contribution in [1.82, 2.24) is 9.88 Å². The van der Waals surface area contributed by atoms with Crippen molar-refractivity contribution in [3.8, 4) is 0 Å². The summed E-state index contributed by atoms with van der Waals surface area (Å²) in [5.74, 6) is -1.45. The summed E-state index contributed by atoms with van der Waals surface area (Å²) in [6.07, 6.45) is 1.39. The number of nitrogens with zero attached hydrogens (tertiary/aromatic N) is 3. The number of esters is 1. The summed E-state index contributed by atoms with van der Waals surface area (Å²) in [4.78, 5) is 42.4. The van der Waals surface area contributed by atoms with Gasteiger partial charge in [-0.2, -0.15) is 0 Å². The average molecular weight is 488 g/mol. The van der Waals surface area contributed by atoms with Crippen molar-refractivity contribution in [2.24, 2.45) is 5.92 Å². The molecular weight excluding hydrogens is 466 g/mol. The summed E-state index contributed by atoms with van der Waals surface area (Å²) < 4.78 is 5.45. The quantitative estimate of drug-likeness (QED) is 0.142. The smallest absolute Gasteiger partial charge is 0.356 e. The molecule has 1 fully saturated rings. The fourth-order valence-electron chi connectivity index (χ4n) is 3.87. The molecule has 0 radical (unpaired) electrons. The minimum absolute atomic E-state index is 0.0501. The Balaban J connectivity index is 1.46. The molecule has 172 valence electrons. The van der Waals surface area contributed by atoms with E-state index in [4.69, 9.17) is 4.74 Å². The van der Waals surface area contributed by atoms with Crippen LogP contribution in [-0.2, 0) is 20.9 Å². The van der Waals surface area contributed by atoms with Crippen LogP contribution in [0.15, 0.2) is 64.3 Å². The van der Waals surface area contributed by atoms with Crippen LogP contribution in [0, 0.1) is 16.0 Å². The first-order chi connectivity index (χ1) is 15.9. The van der Waals surface area contributed by atoms with E-state index < -0.39 is 22.9 Å². The van der Waals surface area contributed by atoms with Crippen LogP contribution in [0.25, 0.3) is 0 Å². The van der Waals surface area contributed by atoms with Crippen LogP contribution in [0.3, 0.4) is 0 Å². The second-order valence-corrected chi connectivity index (χ2v) is 10.0. The molecule has 0 unspecified atom stereocenters. The highest BCUT2D eigenvalue weighted by Gasteiger charge is 2.57. The zero-order valence-electron chi connectivity index (χ0n) is 17.6. The molecule has 33 heavy (non-hydrogen) atoms. The SMILES string of the molecule is C[C@@H](O)[C@H]1C(=O)N2C(C(=O)OCc3ccc([N+](=O)[O-])cc3)=C(SCSc3ccccn3)C[C@H]12. The lowest BCUT2D eigenvalue weighted by atomic mass is 9.83. The molecular formula is C22H21N3O6S2. The zero-order valence-corrected chi connectivity index (χ0v) is 19.3. The fourth-order valence-corrected chi connectivity index (χ4v) is 6.08. The number of fused-ring (bicyclic) bond motifs is 1. The van der Waals surface area contributed by atoms with E-state index in [9.17, 15) is 24.8 Å². The van der Waals surface area contributed by atoms with Gasteiger partial charge in [0.1, 0.15) is 12.3 Å². The maximum atomic E-state index is 13.0. The molecule has 1 saturated heterocycles. The van der Waals surface area contributed by atoms with Gasteiger partial charge in [-0.05, 0) is 36.8 Å². The molecule has 4 rings (SSSR count). The number of rotatable bonds is 9. The second kappa shape index (κ2) is 9.94. The summed E-state index contributed by atoms with van der Waals surface area (Å²) >= 11 is 2.98. The number of hydrogen-bond donors (Lipinski definition) is 1. The Labute approximate surface area is 198 Å². The number of aromatic nitrogens is 1. The third kappa shape index (κ3) is 4.90. The van der Waals surface area contributed by atoms with Gasteiger partial charge in [0.2, 0.25) is 5.91 Å². The number of aliphatic hydroxyl groups is 1. The maximum Gasteiger partial charge on any atom is 0.356 e.